The predicted molar refractivity (Wildman–Crippen MR) is 75.7 cm³/mol. The quantitative estimate of drug-likeness (QED) is 0.517. The molecule has 2 rings (SSSR count). The van der Waals surface area contributed by atoms with Crippen molar-refractivity contribution in [1.29, 1.82) is 0 Å². The van der Waals surface area contributed by atoms with Gasteiger partial charge in [-0.1, -0.05) is 0 Å². The van der Waals surface area contributed by atoms with Crippen molar-refractivity contribution in [1.82, 2.24) is 9.78 Å². The van der Waals surface area contributed by atoms with E-state index in [1.807, 2.05) is 13.8 Å². The van der Waals surface area contributed by atoms with Crippen molar-refractivity contribution < 1.29 is 14.1 Å². The molecule has 1 amide bonds. The second-order valence-corrected chi connectivity index (χ2v) is 4.22. The molecule has 0 aliphatic heterocycles. The molecule has 2 aromatic heterocycles. The molecule has 2 aromatic rings. The maximum Gasteiger partial charge on any atom is 0.433 e. The molecule has 110 valence electrons. The van der Waals surface area contributed by atoms with Gasteiger partial charge in [0.1, 0.15) is 10.7 Å². The number of nitro groups is 1. The first-order valence-corrected chi connectivity index (χ1v) is 6.27. The summed E-state index contributed by atoms with van der Waals surface area (Å²) >= 11 is 0. The predicted octanol–water partition coefficient (Wildman–Crippen LogP) is 2.36. The molecule has 0 atom stereocenters. The maximum atomic E-state index is 11.8. The van der Waals surface area contributed by atoms with Crippen LogP contribution in [0.4, 0.5) is 11.6 Å². The van der Waals surface area contributed by atoms with Crippen LogP contribution in [0.3, 0.4) is 0 Å². The highest BCUT2D eigenvalue weighted by molar-refractivity contribution is 6.01. The lowest BCUT2D eigenvalue weighted by Gasteiger charge is -2.02. The molecule has 0 aromatic carbocycles. The van der Waals surface area contributed by atoms with Crippen molar-refractivity contribution in [2.45, 2.75) is 20.4 Å². The SMILES string of the molecule is CCn1ncc(NC(=O)/C=C/c2ccc([N+](=O)[O-])o2)c1C. The van der Waals surface area contributed by atoms with Crippen molar-refractivity contribution in [3.63, 3.8) is 0 Å². The van der Waals surface area contributed by atoms with Crippen molar-refractivity contribution >= 4 is 23.6 Å². The average molecular weight is 290 g/mol. The van der Waals surface area contributed by atoms with E-state index in [1.165, 1.54) is 24.3 Å². The molecule has 2 heterocycles. The third-order valence-corrected chi connectivity index (χ3v) is 2.85. The third-order valence-electron chi connectivity index (χ3n) is 2.85. The van der Waals surface area contributed by atoms with Gasteiger partial charge in [0, 0.05) is 12.6 Å². The summed E-state index contributed by atoms with van der Waals surface area (Å²) in [4.78, 5) is 21.6. The zero-order valence-corrected chi connectivity index (χ0v) is 11.6. The largest absolute Gasteiger partial charge is 0.433 e. The van der Waals surface area contributed by atoms with E-state index in [0.29, 0.717) is 12.2 Å². The van der Waals surface area contributed by atoms with Crippen LogP contribution in [0, 0.1) is 17.0 Å². The fourth-order valence-electron chi connectivity index (χ4n) is 1.75. The second-order valence-electron chi connectivity index (χ2n) is 4.22. The average Bonchev–Trinajstić information content (AvgIpc) is 3.05. The Morgan fingerprint density at radius 1 is 1.57 bits per heavy atom. The first-order valence-electron chi connectivity index (χ1n) is 6.27. The fourth-order valence-corrected chi connectivity index (χ4v) is 1.75. The molecule has 0 aliphatic rings. The van der Waals surface area contributed by atoms with Crippen molar-refractivity contribution in [3.8, 4) is 0 Å². The summed E-state index contributed by atoms with van der Waals surface area (Å²) in [6.45, 7) is 4.52. The van der Waals surface area contributed by atoms with Crippen LogP contribution in [0.1, 0.15) is 18.4 Å². The number of furan rings is 1. The van der Waals surface area contributed by atoms with Gasteiger partial charge in [-0.25, -0.2) is 0 Å². The number of nitrogens with zero attached hydrogens (tertiary/aromatic N) is 3. The Bertz CT molecular complexity index is 699. The monoisotopic (exact) mass is 290 g/mol. The molecule has 21 heavy (non-hydrogen) atoms. The van der Waals surface area contributed by atoms with Crippen molar-refractivity contribution in [3.05, 3.63) is 46.0 Å². The molecule has 8 heteroatoms. The van der Waals surface area contributed by atoms with Gasteiger partial charge in [0.05, 0.1) is 23.6 Å². The van der Waals surface area contributed by atoms with Gasteiger partial charge in [-0.05, 0) is 26.0 Å². The number of rotatable bonds is 5. The summed E-state index contributed by atoms with van der Waals surface area (Å²) in [6.07, 6.45) is 4.18. The summed E-state index contributed by atoms with van der Waals surface area (Å²) in [6, 6.07) is 2.65. The lowest BCUT2D eigenvalue weighted by molar-refractivity contribution is -0.402. The number of amides is 1. The molecule has 0 bridgehead atoms. The number of anilines is 1. The Kier molecular flexibility index (Phi) is 4.17. The summed E-state index contributed by atoms with van der Waals surface area (Å²) in [5, 5.41) is 17.3. The van der Waals surface area contributed by atoms with E-state index in [1.54, 1.807) is 10.9 Å². The highest BCUT2D eigenvalue weighted by Gasteiger charge is 2.10. The highest BCUT2D eigenvalue weighted by atomic mass is 16.6. The van der Waals surface area contributed by atoms with Crippen LogP contribution < -0.4 is 5.32 Å². The summed E-state index contributed by atoms with van der Waals surface area (Å²) in [7, 11) is 0. The van der Waals surface area contributed by atoms with Gasteiger partial charge in [0.2, 0.25) is 5.91 Å². The number of carbonyl (C=O) groups excluding carboxylic acids is 1. The fraction of sp³-hybridized carbons (Fsp3) is 0.231. The Balaban J connectivity index is 2.01. The van der Waals surface area contributed by atoms with E-state index in [0.717, 1.165) is 5.69 Å². The summed E-state index contributed by atoms with van der Waals surface area (Å²) in [5.41, 5.74) is 1.48. The Morgan fingerprint density at radius 2 is 2.33 bits per heavy atom. The molecule has 0 saturated carbocycles. The van der Waals surface area contributed by atoms with E-state index in [9.17, 15) is 14.9 Å². The second kappa shape index (κ2) is 6.04. The van der Waals surface area contributed by atoms with Crippen LogP contribution in [-0.2, 0) is 11.3 Å². The van der Waals surface area contributed by atoms with Gasteiger partial charge in [-0.2, -0.15) is 5.10 Å². The zero-order valence-electron chi connectivity index (χ0n) is 11.6. The van der Waals surface area contributed by atoms with Crippen LogP contribution in [0.15, 0.2) is 28.8 Å². The number of carbonyl (C=O) groups is 1. The van der Waals surface area contributed by atoms with Crippen LogP contribution in [0.2, 0.25) is 0 Å². The standard InChI is InChI=1S/C13H14N4O4/c1-3-16-9(2)11(8-14-16)15-12(18)6-4-10-5-7-13(21-10)17(19)20/h4-8H,3H2,1-2H3,(H,15,18)/b6-4+. The molecule has 0 saturated heterocycles. The summed E-state index contributed by atoms with van der Waals surface area (Å²) in [5.74, 6) is -0.499. The normalized spacial score (nSPS) is 11.0. The van der Waals surface area contributed by atoms with E-state index < -0.39 is 4.92 Å². The Morgan fingerprint density at radius 3 is 2.90 bits per heavy atom. The molecular weight excluding hydrogens is 276 g/mol. The van der Waals surface area contributed by atoms with Gasteiger partial charge < -0.3 is 9.73 Å². The highest BCUT2D eigenvalue weighted by Crippen LogP contribution is 2.17. The molecule has 0 unspecified atom stereocenters. The van der Waals surface area contributed by atoms with E-state index in [4.69, 9.17) is 4.42 Å². The molecular formula is C13H14N4O4. The van der Waals surface area contributed by atoms with E-state index in [-0.39, 0.29) is 17.6 Å². The molecule has 8 nitrogen and oxygen atoms in total. The van der Waals surface area contributed by atoms with Gasteiger partial charge in [-0.15, -0.1) is 0 Å². The van der Waals surface area contributed by atoms with Crippen LogP contribution >= 0.6 is 0 Å². The van der Waals surface area contributed by atoms with Gasteiger partial charge in [0.25, 0.3) is 0 Å². The molecule has 0 radical (unpaired) electrons. The minimum atomic E-state index is -0.639. The molecule has 0 fully saturated rings. The number of hydrogen-bond acceptors (Lipinski definition) is 5. The molecule has 1 N–H and O–H groups in total. The number of nitrogens with one attached hydrogen (secondary N) is 1. The molecule has 0 aliphatic carbocycles. The molecule has 0 spiro atoms. The van der Waals surface area contributed by atoms with Crippen LogP contribution in [0.5, 0.6) is 0 Å². The van der Waals surface area contributed by atoms with Crippen molar-refractivity contribution in [2.75, 3.05) is 5.32 Å². The van der Waals surface area contributed by atoms with Crippen LogP contribution in [-0.4, -0.2) is 20.6 Å². The maximum absolute atomic E-state index is 11.8. The third kappa shape index (κ3) is 3.35. The zero-order chi connectivity index (χ0) is 15.4. The minimum absolute atomic E-state index is 0.234. The summed E-state index contributed by atoms with van der Waals surface area (Å²) < 4.78 is 6.67. The topological polar surface area (TPSA) is 103 Å². The number of aryl methyl sites for hydroxylation is 1. The smallest absolute Gasteiger partial charge is 0.401 e. The number of aromatic nitrogens is 2. The minimum Gasteiger partial charge on any atom is -0.401 e. The first kappa shape index (κ1) is 14.5. The van der Waals surface area contributed by atoms with Crippen LogP contribution in [0.25, 0.3) is 6.08 Å². The van der Waals surface area contributed by atoms with E-state index >= 15 is 0 Å². The Labute approximate surface area is 120 Å². The van der Waals surface area contributed by atoms with Gasteiger partial charge in [0.15, 0.2) is 0 Å². The number of hydrogen-bond donors (Lipinski definition) is 1. The van der Waals surface area contributed by atoms with Crippen molar-refractivity contribution in [2.24, 2.45) is 0 Å². The van der Waals surface area contributed by atoms with Gasteiger partial charge >= 0.3 is 5.88 Å². The first-order chi connectivity index (χ1) is 10.0. The lowest BCUT2D eigenvalue weighted by Crippen LogP contribution is -2.09. The van der Waals surface area contributed by atoms with Gasteiger partial charge in [-0.3, -0.25) is 19.6 Å². The van der Waals surface area contributed by atoms with E-state index in [2.05, 4.69) is 10.4 Å². The lowest BCUT2D eigenvalue weighted by atomic mass is 10.3. The Hall–Kier alpha value is -2.90.